The molecule has 3 N–H and O–H groups in total. The van der Waals surface area contributed by atoms with Crippen LogP contribution in [-0.2, 0) is 9.59 Å². The largest absolute Gasteiger partial charge is 0.494 e. The predicted octanol–water partition coefficient (Wildman–Crippen LogP) is 0.488. The standard InChI is InChI=1S/C14H18N2O5/c1-2-7-21-11-5-3-10(4-6-11)14(20)16(8-12(15)17)9-13(18)19/h3-6H,2,7-9H2,1H3,(H2,15,17)(H,18,19). The van der Waals surface area contributed by atoms with Crippen molar-refractivity contribution in [3.63, 3.8) is 0 Å². The summed E-state index contributed by atoms with van der Waals surface area (Å²) in [7, 11) is 0. The summed E-state index contributed by atoms with van der Waals surface area (Å²) in [6, 6.07) is 6.27. The van der Waals surface area contributed by atoms with Crippen LogP contribution in [0.15, 0.2) is 24.3 Å². The number of rotatable bonds is 8. The monoisotopic (exact) mass is 294 g/mol. The van der Waals surface area contributed by atoms with Gasteiger partial charge in [-0.3, -0.25) is 14.4 Å². The molecule has 7 nitrogen and oxygen atoms in total. The van der Waals surface area contributed by atoms with Crippen LogP contribution in [0.4, 0.5) is 0 Å². The smallest absolute Gasteiger partial charge is 0.323 e. The number of carboxylic acids is 1. The number of nitrogens with zero attached hydrogens (tertiary/aromatic N) is 1. The number of aliphatic carboxylic acids is 1. The van der Waals surface area contributed by atoms with Gasteiger partial charge < -0.3 is 20.5 Å². The summed E-state index contributed by atoms with van der Waals surface area (Å²) < 4.78 is 5.39. The summed E-state index contributed by atoms with van der Waals surface area (Å²) in [4.78, 5) is 34.7. The normalized spacial score (nSPS) is 9.95. The highest BCUT2D eigenvalue weighted by atomic mass is 16.5. The van der Waals surface area contributed by atoms with Crippen LogP contribution in [0, 0.1) is 0 Å². The lowest BCUT2D eigenvalue weighted by molar-refractivity contribution is -0.138. The highest BCUT2D eigenvalue weighted by molar-refractivity contribution is 5.98. The van der Waals surface area contributed by atoms with E-state index in [4.69, 9.17) is 15.6 Å². The Morgan fingerprint density at radius 2 is 1.81 bits per heavy atom. The summed E-state index contributed by atoms with van der Waals surface area (Å²) in [6.07, 6.45) is 0.867. The molecular weight excluding hydrogens is 276 g/mol. The first-order valence-corrected chi connectivity index (χ1v) is 6.46. The fraction of sp³-hybridized carbons (Fsp3) is 0.357. The Hall–Kier alpha value is -2.57. The minimum atomic E-state index is -1.22. The maximum Gasteiger partial charge on any atom is 0.323 e. The highest BCUT2D eigenvalue weighted by Gasteiger charge is 2.20. The Morgan fingerprint density at radius 3 is 2.29 bits per heavy atom. The zero-order chi connectivity index (χ0) is 15.8. The Morgan fingerprint density at radius 1 is 1.19 bits per heavy atom. The van der Waals surface area contributed by atoms with Gasteiger partial charge in [0.05, 0.1) is 6.61 Å². The third-order valence-corrected chi connectivity index (χ3v) is 2.53. The van der Waals surface area contributed by atoms with E-state index in [0.717, 1.165) is 11.3 Å². The van der Waals surface area contributed by atoms with Crippen LogP contribution in [0.2, 0.25) is 0 Å². The first-order valence-electron chi connectivity index (χ1n) is 6.46. The zero-order valence-corrected chi connectivity index (χ0v) is 11.7. The minimum Gasteiger partial charge on any atom is -0.494 e. The molecule has 0 saturated carbocycles. The predicted molar refractivity (Wildman–Crippen MR) is 75.0 cm³/mol. The number of nitrogens with two attached hydrogens (primary N) is 1. The molecule has 1 aromatic carbocycles. The molecule has 1 aromatic rings. The van der Waals surface area contributed by atoms with Crippen molar-refractivity contribution in [2.45, 2.75) is 13.3 Å². The van der Waals surface area contributed by atoms with E-state index in [-0.39, 0.29) is 5.56 Å². The highest BCUT2D eigenvalue weighted by Crippen LogP contribution is 2.14. The van der Waals surface area contributed by atoms with Crippen LogP contribution in [0.3, 0.4) is 0 Å². The fourth-order valence-electron chi connectivity index (χ4n) is 1.65. The van der Waals surface area contributed by atoms with Crippen molar-refractivity contribution in [3.05, 3.63) is 29.8 Å². The van der Waals surface area contributed by atoms with E-state index in [0.29, 0.717) is 12.4 Å². The second-order valence-electron chi connectivity index (χ2n) is 4.39. The SMILES string of the molecule is CCCOc1ccc(C(=O)N(CC(N)=O)CC(=O)O)cc1. The van der Waals surface area contributed by atoms with Crippen molar-refractivity contribution in [2.75, 3.05) is 19.7 Å². The van der Waals surface area contributed by atoms with E-state index >= 15 is 0 Å². The molecule has 0 spiro atoms. The van der Waals surface area contributed by atoms with E-state index in [2.05, 4.69) is 0 Å². The van der Waals surface area contributed by atoms with E-state index in [1.807, 2.05) is 6.92 Å². The quantitative estimate of drug-likeness (QED) is 0.725. The number of carbonyl (C=O) groups excluding carboxylic acids is 2. The zero-order valence-electron chi connectivity index (χ0n) is 11.7. The molecule has 0 radical (unpaired) electrons. The van der Waals surface area contributed by atoms with Gasteiger partial charge >= 0.3 is 5.97 Å². The molecule has 0 saturated heterocycles. The molecule has 0 unspecified atom stereocenters. The lowest BCUT2D eigenvalue weighted by Gasteiger charge is -2.19. The van der Waals surface area contributed by atoms with Crippen LogP contribution in [0.1, 0.15) is 23.7 Å². The first-order chi connectivity index (χ1) is 9.93. The van der Waals surface area contributed by atoms with Crippen molar-refractivity contribution in [2.24, 2.45) is 5.73 Å². The summed E-state index contributed by atoms with van der Waals surface area (Å²) in [5, 5.41) is 8.77. The van der Waals surface area contributed by atoms with Gasteiger partial charge in [-0.05, 0) is 30.7 Å². The lowest BCUT2D eigenvalue weighted by atomic mass is 10.2. The molecule has 0 bridgehead atoms. The fourth-order valence-corrected chi connectivity index (χ4v) is 1.65. The molecule has 0 aliphatic rings. The number of carbonyl (C=O) groups is 3. The van der Waals surface area contributed by atoms with Crippen molar-refractivity contribution < 1.29 is 24.2 Å². The Balaban J connectivity index is 2.82. The molecule has 0 aliphatic heterocycles. The molecule has 0 aromatic heterocycles. The average molecular weight is 294 g/mol. The van der Waals surface area contributed by atoms with E-state index < -0.39 is 30.9 Å². The number of benzene rings is 1. The van der Waals surface area contributed by atoms with Gasteiger partial charge in [0.2, 0.25) is 5.91 Å². The molecule has 7 heteroatoms. The third kappa shape index (κ3) is 5.52. The van der Waals surface area contributed by atoms with Crippen LogP contribution >= 0.6 is 0 Å². The Kier molecular flexibility index (Phi) is 6.19. The summed E-state index contributed by atoms with van der Waals surface area (Å²) in [6.45, 7) is 1.51. The lowest BCUT2D eigenvalue weighted by Crippen LogP contribution is -2.41. The molecule has 0 atom stereocenters. The van der Waals surface area contributed by atoms with Crippen molar-refractivity contribution >= 4 is 17.8 Å². The topological polar surface area (TPSA) is 110 Å². The Labute approximate surface area is 122 Å². The number of hydrogen-bond acceptors (Lipinski definition) is 4. The number of hydrogen-bond donors (Lipinski definition) is 2. The summed E-state index contributed by atoms with van der Waals surface area (Å²) in [5.41, 5.74) is 5.28. The van der Waals surface area contributed by atoms with Crippen LogP contribution in [0.25, 0.3) is 0 Å². The Bertz CT molecular complexity index is 497. The molecule has 2 amide bonds. The molecule has 21 heavy (non-hydrogen) atoms. The van der Waals surface area contributed by atoms with Gasteiger partial charge in [0.15, 0.2) is 0 Å². The summed E-state index contributed by atoms with van der Waals surface area (Å²) >= 11 is 0. The number of carboxylic acid groups (broad SMARTS) is 1. The molecule has 0 heterocycles. The van der Waals surface area contributed by atoms with Gasteiger partial charge in [0.1, 0.15) is 18.8 Å². The van der Waals surface area contributed by atoms with Gasteiger partial charge in [-0.15, -0.1) is 0 Å². The van der Waals surface area contributed by atoms with E-state index in [1.54, 1.807) is 12.1 Å². The second-order valence-corrected chi connectivity index (χ2v) is 4.39. The van der Waals surface area contributed by atoms with Gasteiger partial charge in [-0.2, -0.15) is 0 Å². The molecule has 0 aliphatic carbocycles. The van der Waals surface area contributed by atoms with E-state index in [1.165, 1.54) is 12.1 Å². The first kappa shape index (κ1) is 16.5. The van der Waals surface area contributed by atoms with Gasteiger partial charge in [-0.1, -0.05) is 6.92 Å². The number of ether oxygens (including phenoxy) is 1. The maximum absolute atomic E-state index is 12.2. The maximum atomic E-state index is 12.2. The van der Waals surface area contributed by atoms with Crippen molar-refractivity contribution in [3.8, 4) is 5.75 Å². The van der Waals surface area contributed by atoms with Gasteiger partial charge in [-0.25, -0.2) is 0 Å². The summed E-state index contributed by atoms with van der Waals surface area (Å²) in [5.74, 6) is -1.94. The van der Waals surface area contributed by atoms with Crippen LogP contribution in [-0.4, -0.2) is 47.5 Å². The van der Waals surface area contributed by atoms with Crippen LogP contribution in [0.5, 0.6) is 5.75 Å². The molecular formula is C14H18N2O5. The molecule has 0 fully saturated rings. The van der Waals surface area contributed by atoms with E-state index in [9.17, 15) is 14.4 Å². The average Bonchev–Trinajstić information content (AvgIpc) is 2.43. The minimum absolute atomic E-state index is 0.265. The number of amides is 2. The molecule has 1 rings (SSSR count). The van der Waals surface area contributed by atoms with Crippen molar-refractivity contribution in [1.29, 1.82) is 0 Å². The number of primary amides is 1. The van der Waals surface area contributed by atoms with Crippen molar-refractivity contribution in [1.82, 2.24) is 4.90 Å². The van der Waals surface area contributed by atoms with Crippen LogP contribution < -0.4 is 10.5 Å². The van der Waals surface area contributed by atoms with Gasteiger partial charge in [0.25, 0.3) is 5.91 Å². The third-order valence-electron chi connectivity index (χ3n) is 2.53. The second kappa shape index (κ2) is 7.88. The van der Waals surface area contributed by atoms with Gasteiger partial charge in [0, 0.05) is 5.56 Å². The molecule has 114 valence electrons.